The van der Waals surface area contributed by atoms with Gasteiger partial charge in [0.1, 0.15) is 5.92 Å². The first kappa shape index (κ1) is 8.96. The van der Waals surface area contributed by atoms with Crippen LogP contribution in [0.2, 0.25) is 0 Å². The predicted molar refractivity (Wildman–Crippen MR) is 41.4 cm³/mol. The number of aliphatic hydroxyl groups is 1. The summed E-state index contributed by atoms with van der Waals surface area (Å²) in [6.45, 7) is 0. The van der Waals surface area contributed by atoms with Gasteiger partial charge in [-0.05, 0) is 6.08 Å². The molecule has 1 rings (SSSR count). The zero-order valence-electron chi connectivity index (χ0n) is 6.60. The first-order valence-electron chi connectivity index (χ1n) is 3.46. The molecule has 1 aliphatic rings. The van der Waals surface area contributed by atoms with Crippen molar-refractivity contribution in [3.8, 4) is 0 Å². The van der Waals surface area contributed by atoms with Gasteiger partial charge in [-0.3, -0.25) is 4.79 Å². The topological polar surface area (TPSA) is 66.8 Å². The molecule has 0 aliphatic heterocycles. The van der Waals surface area contributed by atoms with E-state index < -0.39 is 17.7 Å². The Morgan fingerprint density at radius 3 is 2.67 bits per heavy atom. The molecular weight excluding hydrogens is 160 g/mol. The Labute approximate surface area is 69.8 Å². The molecule has 0 aromatic carbocycles. The van der Waals surface area contributed by atoms with E-state index in [1.165, 1.54) is 19.3 Å². The number of methoxy groups -OCH3 is 1. The van der Waals surface area contributed by atoms with Crippen molar-refractivity contribution in [1.82, 2.24) is 0 Å². The SMILES string of the molecule is COC1(O)C=CC=CC1C(=O)O. The fourth-order valence-corrected chi connectivity index (χ4v) is 1.06. The van der Waals surface area contributed by atoms with Crippen LogP contribution in [0.25, 0.3) is 0 Å². The lowest BCUT2D eigenvalue weighted by Crippen LogP contribution is -2.42. The predicted octanol–water partition coefficient (Wildman–Crippen LogP) is 0.148. The second-order valence-corrected chi connectivity index (χ2v) is 2.52. The molecule has 4 heteroatoms. The Bertz CT molecular complexity index is 243. The van der Waals surface area contributed by atoms with Crippen LogP contribution in [0.5, 0.6) is 0 Å². The van der Waals surface area contributed by atoms with Gasteiger partial charge in [-0.25, -0.2) is 0 Å². The molecule has 0 spiro atoms. The second-order valence-electron chi connectivity index (χ2n) is 2.52. The minimum atomic E-state index is -1.71. The molecule has 0 aromatic rings. The van der Waals surface area contributed by atoms with Gasteiger partial charge in [0, 0.05) is 7.11 Å². The van der Waals surface area contributed by atoms with E-state index in [0.29, 0.717) is 0 Å². The van der Waals surface area contributed by atoms with E-state index in [2.05, 4.69) is 4.74 Å². The molecule has 66 valence electrons. The van der Waals surface area contributed by atoms with E-state index in [-0.39, 0.29) is 0 Å². The van der Waals surface area contributed by atoms with Gasteiger partial charge >= 0.3 is 5.97 Å². The number of hydrogen-bond acceptors (Lipinski definition) is 3. The van der Waals surface area contributed by atoms with E-state index >= 15 is 0 Å². The number of hydrogen-bond donors (Lipinski definition) is 2. The number of ether oxygens (including phenoxy) is 1. The van der Waals surface area contributed by atoms with E-state index in [1.807, 2.05) is 0 Å². The van der Waals surface area contributed by atoms with Crippen molar-refractivity contribution in [2.45, 2.75) is 5.79 Å². The highest BCUT2D eigenvalue weighted by molar-refractivity contribution is 5.74. The van der Waals surface area contributed by atoms with Crippen molar-refractivity contribution in [3.63, 3.8) is 0 Å². The van der Waals surface area contributed by atoms with Crippen LogP contribution in [0.4, 0.5) is 0 Å². The maximum absolute atomic E-state index is 10.6. The molecule has 4 nitrogen and oxygen atoms in total. The van der Waals surface area contributed by atoms with E-state index in [1.54, 1.807) is 12.2 Å². The average molecular weight is 170 g/mol. The van der Waals surface area contributed by atoms with E-state index in [9.17, 15) is 9.90 Å². The van der Waals surface area contributed by atoms with E-state index in [4.69, 9.17) is 5.11 Å². The lowest BCUT2D eigenvalue weighted by Gasteiger charge is -2.28. The number of carbonyl (C=O) groups is 1. The molecule has 2 unspecified atom stereocenters. The molecule has 0 bridgehead atoms. The number of aliphatic carboxylic acids is 1. The first-order chi connectivity index (χ1) is 5.60. The fraction of sp³-hybridized carbons (Fsp3) is 0.375. The number of rotatable bonds is 2. The summed E-state index contributed by atoms with van der Waals surface area (Å²) in [7, 11) is 1.26. The molecule has 12 heavy (non-hydrogen) atoms. The Hall–Kier alpha value is -1.13. The summed E-state index contributed by atoms with van der Waals surface area (Å²) in [5.41, 5.74) is 0. The van der Waals surface area contributed by atoms with Gasteiger partial charge in [0.2, 0.25) is 5.79 Å². The smallest absolute Gasteiger partial charge is 0.316 e. The third-order valence-electron chi connectivity index (χ3n) is 1.79. The Morgan fingerprint density at radius 1 is 1.58 bits per heavy atom. The zero-order valence-corrected chi connectivity index (χ0v) is 6.60. The van der Waals surface area contributed by atoms with Gasteiger partial charge in [0.25, 0.3) is 0 Å². The highest BCUT2D eigenvalue weighted by atomic mass is 16.6. The van der Waals surface area contributed by atoms with Crippen molar-refractivity contribution >= 4 is 5.97 Å². The maximum atomic E-state index is 10.6. The van der Waals surface area contributed by atoms with Crippen molar-refractivity contribution < 1.29 is 19.7 Å². The third kappa shape index (κ3) is 1.39. The Morgan fingerprint density at radius 2 is 2.25 bits per heavy atom. The largest absolute Gasteiger partial charge is 0.481 e. The summed E-state index contributed by atoms with van der Waals surface area (Å²) in [6.07, 6.45) is 5.80. The van der Waals surface area contributed by atoms with Crippen molar-refractivity contribution in [1.29, 1.82) is 0 Å². The van der Waals surface area contributed by atoms with Crippen molar-refractivity contribution in [2.75, 3.05) is 7.11 Å². The fourth-order valence-electron chi connectivity index (χ4n) is 1.06. The molecule has 2 atom stereocenters. The summed E-state index contributed by atoms with van der Waals surface area (Å²) in [5, 5.41) is 18.2. The van der Waals surface area contributed by atoms with Gasteiger partial charge in [-0.15, -0.1) is 0 Å². The van der Waals surface area contributed by atoms with Crippen LogP contribution < -0.4 is 0 Å². The van der Waals surface area contributed by atoms with Crippen LogP contribution >= 0.6 is 0 Å². The van der Waals surface area contributed by atoms with Crippen LogP contribution in [0.15, 0.2) is 24.3 Å². The summed E-state index contributed by atoms with van der Waals surface area (Å²) < 4.78 is 4.69. The molecule has 0 heterocycles. The Kier molecular flexibility index (Phi) is 2.30. The minimum Gasteiger partial charge on any atom is -0.481 e. The number of carboxylic acids is 1. The molecule has 0 radical (unpaired) electrons. The first-order valence-corrected chi connectivity index (χ1v) is 3.46. The molecule has 2 N–H and O–H groups in total. The Balaban J connectivity index is 2.92. The summed E-state index contributed by atoms with van der Waals surface area (Å²) in [5.74, 6) is -3.85. The number of allylic oxidation sites excluding steroid dienone is 2. The maximum Gasteiger partial charge on any atom is 0.316 e. The minimum absolute atomic E-state index is 1.03. The van der Waals surface area contributed by atoms with Crippen LogP contribution in [-0.2, 0) is 9.53 Å². The van der Waals surface area contributed by atoms with Crippen molar-refractivity contribution in [2.24, 2.45) is 5.92 Å². The zero-order chi connectivity index (χ0) is 9.19. The summed E-state index contributed by atoms with van der Waals surface area (Å²) >= 11 is 0. The molecule has 0 saturated carbocycles. The second kappa shape index (κ2) is 3.08. The third-order valence-corrected chi connectivity index (χ3v) is 1.79. The monoisotopic (exact) mass is 170 g/mol. The molecule has 0 fully saturated rings. The average Bonchev–Trinajstić information content (AvgIpc) is 2.05. The molecule has 0 aromatic heterocycles. The number of carboxylic acid groups (broad SMARTS) is 1. The molecule has 1 aliphatic carbocycles. The lowest BCUT2D eigenvalue weighted by molar-refractivity contribution is -0.189. The van der Waals surface area contributed by atoms with E-state index in [0.717, 1.165) is 0 Å². The van der Waals surface area contributed by atoms with Crippen LogP contribution in [-0.4, -0.2) is 29.1 Å². The lowest BCUT2D eigenvalue weighted by atomic mass is 9.94. The van der Waals surface area contributed by atoms with Crippen LogP contribution in [0, 0.1) is 5.92 Å². The van der Waals surface area contributed by atoms with Gasteiger partial charge < -0.3 is 14.9 Å². The van der Waals surface area contributed by atoms with Gasteiger partial charge in [0.15, 0.2) is 0 Å². The summed E-state index contributed by atoms with van der Waals surface area (Å²) in [4.78, 5) is 10.6. The summed E-state index contributed by atoms with van der Waals surface area (Å²) in [6, 6.07) is 0. The molecule has 0 amide bonds. The quantitative estimate of drug-likeness (QED) is 0.579. The normalized spacial score (nSPS) is 33.7. The molecular formula is C8H10O4. The highest BCUT2D eigenvalue weighted by Crippen LogP contribution is 2.25. The van der Waals surface area contributed by atoms with Gasteiger partial charge in [-0.2, -0.15) is 0 Å². The highest BCUT2D eigenvalue weighted by Gasteiger charge is 2.39. The van der Waals surface area contributed by atoms with Crippen LogP contribution in [0.3, 0.4) is 0 Å². The standard InChI is InChI=1S/C8H10O4/c1-12-8(11)5-3-2-4-6(8)7(9)10/h2-6,11H,1H3,(H,9,10). The van der Waals surface area contributed by atoms with Gasteiger partial charge in [0.05, 0.1) is 0 Å². The van der Waals surface area contributed by atoms with Gasteiger partial charge in [-0.1, -0.05) is 18.2 Å². The molecule has 0 saturated heterocycles. The van der Waals surface area contributed by atoms with Crippen molar-refractivity contribution in [3.05, 3.63) is 24.3 Å². The van der Waals surface area contributed by atoms with Crippen LogP contribution in [0.1, 0.15) is 0 Å².